The standard InChI is InChI=1S/C18H28N2O.ClH/c1-14-6-7-16(15(2)10-14)12-20-17(21)11-18(13-19)8-4-3-5-9-18;/h6-7,10H,3-5,8-9,11-13,19H2,1-2H3,(H,20,21);1H. The Morgan fingerprint density at radius 3 is 2.50 bits per heavy atom. The van der Waals surface area contributed by atoms with Gasteiger partial charge in [0.25, 0.3) is 0 Å². The summed E-state index contributed by atoms with van der Waals surface area (Å²) in [5, 5.41) is 3.07. The van der Waals surface area contributed by atoms with E-state index < -0.39 is 0 Å². The van der Waals surface area contributed by atoms with E-state index in [1.165, 1.54) is 36.0 Å². The molecule has 0 aromatic heterocycles. The zero-order chi connectivity index (χ0) is 15.3. The van der Waals surface area contributed by atoms with Crippen LogP contribution in [-0.4, -0.2) is 12.5 Å². The number of halogens is 1. The Hall–Kier alpha value is -1.06. The van der Waals surface area contributed by atoms with E-state index in [9.17, 15) is 4.79 Å². The fourth-order valence-corrected chi connectivity index (χ4v) is 3.40. The second-order valence-corrected chi connectivity index (χ2v) is 6.65. The summed E-state index contributed by atoms with van der Waals surface area (Å²) in [6.45, 7) is 5.43. The molecular formula is C18H29ClN2O. The summed E-state index contributed by atoms with van der Waals surface area (Å²) >= 11 is 0. The van der Waals surface area contributed by atoms with Crippen LogP contribution in [0.1, 0.15) is 55.2 Å². The molecule has 1 aromatic rings. The van der Waals surface area contributed by atoms with Gasteiger partial charge in [-0.05, 0) is 49.8 Å². The van der Waals surface area contributed by atoms with Crippen molar-refractivity contribution in [2.75, 3.05) is 6.54 Å². The summed E-state index contributed by atoms with van der Waals surface area (Å²) in [5.41, 5.74) is 9.69. The lowest BCUT2D eigenvalue weighted by molar-refractivity contribution is -0.124. The molecule has 0 heterocycles. The molecule has 1 aliphatic rings. The van der Waals surface area contributed by atoms with E-state index in [4.69, 9.17) is 5.73 Å². The van der Waals surface area contributed by atoms with Crippen LogP contribution < -0.4 is 11.1 Å². The van der Waals surface area contributed by atoms with E-state index in [1.54, 1.807) is 0 Å². The molecule has 1 amide bonds. The molecule has 124 valence electrons. The highest BCUT2D eigenvalue weighted by Gasteiger charge is 2.32. The molecular weight excluding hydrogens is 296 g/mol. The van der Waals surface area contributed by atoms with Gasteiger partial charge in [-0.15, -0.1) is 12.4 Å². The average Bonchev–Trinajstić information content (AvgIpc) is 2.47. The first-order valence-corrected chi connectivity index (χ1v) is 8.08. The van der Waals surface area contributed by atoms with E-state index in [1.807, 2.05) is 0 Å². The summed E-state index contributed by atoms with van der Waals surface area (Å²) in [4.78, 5) is 12.3. The Balaban J connectivity index is 0.00000242. The van der Waals surface area contributed by atoms with Gasteiger partial charge in [0, 0.05) is 13.0 Å². The summed E-state index contributed by atoms with van der Waals surface area (Å²) in [6.07, 6.45) is 6.48. The van der Waals surface area contributed by atoms with Crippen molar-refractivity contribution in [2.24, 2.45) is 11.1 Å². The number of nitrogens with two attached hydrogens (primary N) is 1. The molecule has 0 aliphatic heterocycles. The second kappa shape index (κ2) is 8.54. The number of carbonyl (C=O) groups is 1. The number of benzene rings is 1. The molecule has 2 rings (SSSR count). The van der Waals surface area contributed by atoms with E-state index in [2.05, 4.69) is 37.4 Å². The van der Waals surface area contributed by atoms with Crippen LogP contribution in [0.2, 0.25) is 0 Å². The summed E-state index contributed by atoms with van der Waals surface area (Å²) < 4.78 is 0. The van der Waals surface area contributed by atoms with Crippen LogP contribution in [0.4, 0.5) is 0 Å². The van der Waals surface area contributed by atoms with Gasteiger partial charge < -0.3 is 11.1 Å². The predicted octanol–water partition coefficient (Wildman–Crippen LogP) is 3.64. The van der Waals surface area contributed by atoms with Crippen molar-refractivity contribution in [3.63, 3.8) is 0 Å². The normalized spacial score (nSPS) is 16.7. The Morgan fingerprint density at radius 1 is 1.23 bits per heavy atom. The molecule has 22 heavy (non-hydrogen) atoms. The Morgan fingerprint density at radius 2 is 1.91 bits per heavy atom. The Kier molecular flexibility index (Phi) is 7.37. The zero-order valence-electron chi connectivity index (χ0n) is 13.8. The fourth-order valence-electron chi connectivity index (χ4n) is 3.40. The highest BCUT2D eigenvalue weighted by molar-refractivity contribution is 5.85. The highest BCUT2D eigenvalue weighted by Crippen LogP contribution is 2.38. The van der Waals surface area contributed by atoms with Crippen molar-refractivity contribution in [1.82, 2.24) is 5.32 Å². The van der Waals surface area contributed by atoms with E-state index >= 15 is 0 Å². The van der Waals surface area contributed by atoms with Crippen molar-refractivity contribution >= 4 is 18.3 Å². The lowest BCUT2D eigenvalue weighted by Gasteiger charge is -2.35. The molecule has 1 saturated carbocycles. The van der Waals surface area contributed by atoms with Crippen molar-refractivity contribution in [2.45, 2.75) is 58.9 Å². The number of hydrogen-bond acceptors (Lipinski definition) is 2. The molecule has 4 heteroatoms. The highest BCUT2D eigenvalue weighted by atomic mass is 35.5. The van der Waals surface area contributed by atoms with Gasteiger partial charge >= 0.3 is 0 Å². The average molecular weight is 325 g/mol. The monoisotopic (exact) mass is 324 g/mol. The van der Waals surface area contributed by atoms with Crippen LogP contribution in [0.3, 0.4) is 0 Å². The smallest absolute Gasteiger partial charge is 0.220 e. The van der Waals surface area contributed by atoms with E-state index in [-0.39, 0.29) is 23.7 Å². The van der Waals surface area contributed by atoms with Crippen LogP contribution in [0.5, 0.6) is 0 Å². The van der Waals surface area contributed by atoms with Gasteiger partial charge in [-0.1, -0.05) is 43.0 Å². The fraction of sp³-hybridized carbons (Fsp3) is 0.611. The number of nitrogens with one attached hydrogen (secondary N) is 1. The minimum Gasteiger partial charge on any atom is -0.352 e. The Labute approximate surface area is 140 Å². The van der Waals surface area contributed by atoms with Crippen LogP contribution in [0.15, 0.2) is 18.2 Å². The van der Waals surface area contributed by atoms with Crippen molar-refractivity contribution in [3.05, 3.63) is 34.9 Å². The molecule has 0 atom stereocenters. The number of carbonyl (C=O) groups excluding carboxylic acids is 1. The van der Waals surface area contributed by atoms with Gasteiger partial charge in [0.2, 0.25) is 5.91 Å². The SMILES string of the molecule is Cc1ccc(CNC(=O)CC2(CN)CCCCC2)c(C)c1.Cl. The number of rotatable bonds is 5. The summed E-state index contributed by atoms with van der Waals surface area (Å²) in [7, 11) is 0. The maximum atomic E-state index is 12.3. The molecule has 0 bridgehead atoms. The lowest BCUT2D eigenvalue weighted by atomic mass is 9.71. The third-order valence-corrected chi connectivity index (χ3v) is 4.86. The quantitative estimate of drug-likeness (QED) is 0.868. The third kappa shape index (κ3) is 4.99. The van der Waals surface area contributed by atoms with Gasteiger partial charge in [-0.3, -0.25) is 4.79 Å². The second-order valence-electron chi connectivity index (χ2n) is 6.65. The van der Waals surface area contributed by atoms with Gasteiger partial charge in [0.05, 0.1) is 0 Å². The molecule has 0 radical (unpaired) electrons. The largest absolute Gasteiger partial charge is 0.352 e. The predicted molar refractivity (Wildman–Crippen MR) is 94.2 cm³/mol. The number of hydrogen-bond donors (Lipinski definition) is 2. The molecule has 1 aromatic carbocycles. The first kappa shape index (κ1) is 19.0. The first-order valence-electron chi connectivity index (χ1n) is 8.08. The molecule has 3 nitrogen and oxygen atoms in total. The number of amides is 1. The molecule has 1 aliphatic carbocycles. The topological polar surface area (TPSA) is 55.1 Å². The molecule has 0 spiro atoms. The van der Waals surface area contributed by atoms with Crippen LogP contribution >= 0.6 is 12.4 Å². The van der Waals surface area contributed by atoms with Crippen molar-refractivity contribution < 1.29 is 4.79 Å². The van der Waals surface area contributed by atoms with Gasteiger partial charge in [0.1, 0.15) is 0 Å². The molecule has 0 saturated heterocycles. The van der Waals surface area contributed by atoms with Crippen LogP contribution in [0.25, 0.3) is 0 Å². The van der Waals surface area contributed by atoms with Crippen LogP contribution in [-0.2, 0) is 11.3 Å². The third-order valence-electron chi connectivity index (χ3n) is 4.86. The van der Waals surface area contributed by atoms with Crippen molar-refractivity contribution in [1.29, 1.82) is 0 Å². The minimum atomic E-state index is 0. The maximum absolute atomic E-state index is 12.3. The van der Waals surface area contributed by atoms with Gasteiger partial charge in [-0.25, -0.2) is 0 Å². The van der Waals surface area contributed by atoms with Gasteiger partial charge in [-0.2, -0.15) is 0 Å². The lowest BCUT2D eigenvalue weighted by Crippen LogP contribution is -2.38. The molecule has 1 fully saturated rings. The van der Waals surface area contributed by atoms with Crippen molar-refractivity contribution in [3.8, 4) is 0 Å². The molecule has 0 unspecified atom stereocenters. The van der Waals surface area contributed by atoms with E-state index in [0.717, 1.165) is 12.8 Å². The number of aryl methyl sites for hydroxylation is 2. The zero-order valence-corrected chi connectivity index (χ0v) is 14.6. The minimum absolute atomic E-state index is 0. The van der Waals surface area contributed by atoms with Crippen LogP contribution in [0, 0.1) is 19.3 Å². The summed E-state index contributed by atoms with van der Waals surface area (Å²) in [5.74, 6) is 0.141. The first-order chi connectivity index (χ1) is 10.0. The Bertz CT molecular complexity index is 496. The summed E-state index contributed by atoms with van der Waals surface area (Å²) in [6, 6.07) is 6.35. The van der Waals surface area contributed by atoms with E-state index in [0.29, 0.717) is 19.5 Å². The maximum Gasteiger partial charge on any atom is 0.220 e. The molecule has 3 N–H and O–H groups in total. The van der Waals surface area contributed by atoms with Gasteiger partial charge in [0.15, 0.2) is 0 Å².